The monoisotopic (exact) mass is 460 g/mol. The summed E-state index contributed by atoms with van der Waals surface area (Å²) in [6, 6.07) is 0. The van der Waals surface area contributed by atoms with Crippen LogP contribution in [0.3, 0.4) is 0 Å². The Balaban J connectivity index is 1.86. The number of hydrogen-bond acceptors (Lipinski definition) is 12. The summed E-state index contributed by atoms with van der Waals surface area (Å²) in [5.74, 6) is -2.95. The number of fused-ring (bicyclic) bond motifs is 1. The molecule has 9 atom stereocenters. The van der Waals surface area contributed by atoms with Crippen LogP contribution in [0.5, 0.6) is 0 Å². The lowest BCUT2D eigenvalue weighted by atomic mass is 9.82. The van der Waals surface area contributed by atoms with Crippen LogP contribution in [0, 0.1) is 11.8 Å². The van der Waals surface area contributed by atoms with Gasteiger partial charge in [0.15, 0.2) is 6.29 Å². The number of hydrogen-bond donors (Lipinski definition) is 5. The van der Waals surface area contributed by atoms with Gasteiger partial charge >= 0.3 is 11.9 Å². The molecular weight excluding hydrogens is 432 g/mol. The van der Waals surface area contributed by atoms with E-state index in [0.717, 1.165) is 6.26 Å². The largest absolute Gasteiger partial charge is 0.471 e. The third-order valence-electron chi connectivity index (χ3n) is 5.62. The lowest BCUT2D eigenvalue weighted by Crippen LogP contribution is -2.60. The van der Waals surface area contributed by atoms with E-state index < -0.39 is 73.5 Å². The van der Waals surface area contributed by atoms with E-state index in [2.05, 4.69) is 0 Å². The maximum Gasteiger partial charge on any atom is 0.337 e. The van der Waals surface area contributed by atoms with Crippen molar-refractivity contribution in [1.82, 2.24) is 0 Å². The number of ether oxygens (including phenoxy) is 5. The van der Waals surface area contributed by atoms with E-state index in [1.165, 1.54) is 13.0 Å². The molecule has 0 aromatic rings. The third kappa shape index (κ3) is 4.81. The van der Waals surface area contributed by atoms with E-state index in [1.54, 1.807) is 6.92 Å². The molecule has 180 valence electrons. The minimum Gasteiger partial charge on any atom is -0.471 e. The molecule has 0 bridgehead atoms. The molecular formula is C20H28O12. The highest BCUT2D eigenvalue weighted by atomic mass is 16.8. The first-order valence-corrected chi connectivity index (χ1v) is 10.2. The highest BCUT2D eigenvalue weighted by Crippen LogP contribution is 2.45. The highest BCUT2D eigenvalue weighted by molar-refractivity contribution is 5.89. The van der Waals surface area contributed by atoms with Gasteiger partial charge in [-0.1, -0.05) is 6.08 Å². The fourth-order valence-corrected chi connectivity index (χ4v) is 4.06. The van der Waals surface area contributed by atoms with Gasteiger partial charge in [0.2, 0.25) is 6.29 Å². The van der Waals surface area contributed by atoms with E-state index >= 15 is 0 Å². The van der Waals surface area contributed by atoms with Gasteiger partial charge in [-0.25, -0.2) is 4.79 Å². The van der Waals surface area contributed by atoms with Crippen LogP contribution < -0.4 is 0 Å². The number of rotatable bonds is 7. The summed E-state index contributed by atoms with van der Waals surface area (Å²) in [6.07, 6.45) is -7.51. The molecule has 0 amide bonds. The van der Waals surface area contributed by atoms with Crippen molar-refractivity contribution >= 4 is 11.9 Å². The molecule has 0 radical (unpaired) electrons. The Labute approximate surface area is 183 Å². The summed E-state index contributed by atoms with van der Waals surface area (Å²) in [5, 5.41) is 50.2. The van der Waals surface area contributed by atoms with Crippen molar-refractivity contribution in [2.75, 3.05) is 19.8 Å². The van der Waals surface area contributed by atoms with Gasteiger partial charge < -0.3 is 49.2 Å². The Kier molecular flexibility index (Phi) is 7.88. The first-order chi connectivity index (χ1) is 15.2. The zero-order chi connectivity index (χ0) is 23.6. The predicted molar refractivity (Wildman–Crippen MR) is 102 cm³/mol. The van der Waals surface area contributed by atoms with E-state index in [0.29, 0.717) is 5.57 Å². The normalized spacial score (nSPS) is 38.8. The van der Waals surface area contributed by atoms with Crippen LogP contribution in [0.2, 0.25) is 0 Å². The summed E-state index contributed by atoms with van der Waals surface area (Å²) >= 11 is 0. The maximum atomic E-state index is 12.4. The molecule has 0 spiro atoms. The Morgan fingerprint density at radius 2 is 1.75 bits per heavy atom. The minimum atomic E-state index is -1.68. The quantitative estimate of drug-likeness (QED) is 0.203. The predicted octanol–water partition coefficient (Wildman–Crippen LogP) is -2.30. The smallest absolute Gasteiger partial charge is 0.337 e. The summed E-state index contributed by atoms with van der Waals surface area (Å²) in [4.78, 5) is 23.7. The number of carbonyl (C=O) groups is 2. The van der Waals surface area contributed by atoms with Crippen LogP contribution in [0.1, 0.15) is 13.8 Å². The summed E-state index contributed by atoms with van der Waals surface area (Å²) in [5.41, 5.74) is 0.453. The zero-order valence-electron chi connectivity index (χ0n) is 17.6. The first-order valence-electron chi connectivity index (χ1n) is 10.2. The summed E-state index contributed by atoms with van der Waals surface area (Å²) < 4.78 is 26.7. The van der Waals surface area contributed by atoms with Crippen LogP contribution in [0.25, 0.3) is 0 Å². The van der Waals surface area contributed by atoms with Crippen molar-refractivity contribution in [3.05, 3.63) is 23.5 Å². The average molecular weight is 460 g/mol. The average Bonchev–Trinajstić information content (AvgIpc) is 3.09. The lowest BCUT2D eigenvalue weighted by molar-refractivity contribution is -0.340. The van der Waals surface area contributed by atoms with Gasteiger partial charge in [0.1, 0.15) is 31.0 Å². The first kappa shape index (κ1) is 24.6. The van der Waals surface area contributed by atoms with E-state index in [1.807, 2.05) is 0 Å². The molecule has 12 nitrogen and oxygen atoms in total. The number of esters is 2. The van der Waals surface area contributed by atoms with Crippen molar-refractivity contribution in [3.8, 4) is 0 Å². The Morgan fingerprint density at radius 1 is 1.03 bits per heavy atom. The molecule has 0 aromatic carbocycles. The molecule has 0 aromatic heterocycles. The Hall–Kier alpha value is -2.06. The van der Waals surface area contributed by atoms with Gasteiger partial charge in [-0.3, -0.25) is 4.79 Å². The van der Waals surface area contributed by atoms with E-state index in [-0.39, 0.29) is 18.8 Å². The SMILES string of the molecule is CCOC(=O)C1=CO[C@@H](O[C@@H]2O[C@H](CO)[C@@H](O)[C@H](O)[C@H]2O)[C@@H]2C(COC(C)=O)=C[C@H](O)[C@H]12. The molecule has 1 aliphatic carbocycles. The fraction of sp³-hybridized carbons (Fsp3) is 0.700. The van der Waals surface area contributed by atoms with Crippen LogP contribution >= 0.6 is 0 Å². The molecule has 1 saturated heterocycles. The molecule has 2 aliphatic heterocycles. The molecule has 3 rings (SSSR count). The Bertz CT molecular complexity index is 762. The summed E-state index contributed by atoms with van der Waals surface area (Å²) in [7, 11) is 0. The second-order valence-electron chi connectivity index (χ2n) is 7.70. The van der Waals surface area contributed by atoms with Gasteiger partial charge in [0.05, 0.1) is 37.1 Å². The summed E-state index contributed by atoms with van der Waals surface area (Å²) in [6.45, 7) is 2.09. The minimum absolute atomic E-state index is 0.0482. The highest BCUT2D eigenvalue weighted by Gasteiger charge is 2.52. The molecule has 3 aliphatic rings. The number of aliphatic hydroxyl groups excluding tert-OH is 5. The van der Waals surface area contributed by atoms with E-state index in [4.69, 9.17) is 23.7 Å². The zero-order valence-corrected chi connectivity index (χ0v) is 17.6. The molecule has 1 fully saturated rings. The molecule has 0 unspecified atom stereocenters. The van der Waals surface area contributed by atoms with Gasteiger partial charge in [-0.2, -0.15) is 0 Å². The van der Waals surface area contributed by atoms with Crippen molar-refractivity contribution in [3.63, 3.8) is 0 Å². The third-order valence-corrected chi connectivity index (χ3v) is 5.62. The molecule has 12 heteroatoms. The van der Waals surface area contributed by atoms with Crippen molar-refractivity contribution in [2.24, 2.45) is 11.8 Å². The topological polar surface area (TPSA) is 181 Å². The maximum absolute atomic E-state index is 12.4. The van der Waals surface area contributed by atoms with Crippen LogP contribution in [-0.2, 0) is 33.3 Å². The standard InChI is InChI=1S/C20H28O12/c1-3-28-18(27)10-7-30-19(13-9(6-29-8(2)22)4-11(23)14(10)13)32-20-17(26)16(25)15(24)12(5-21)31-20/h4,7,11-17,19-21,23-26H,3,5-6H2,1-2H3/t11-,12+,13+,14-,15+,16-,17+,19-,20-/m0/s1. The number of carbonyl (C=O) groups excluding carboxylic acids is 2. The van der Waals surface area contributed by atoms with Crippen LogP contribution in [0.15, 0.2) is 23.5 Å². The van der Waals surface area contributed by atoms with Gasteiger partial charge in [-0.15, -0.1) is 0 Å². The second kappa shape index (κ2) is 10.3. The van der Waals surface area contributed by atoms with Crippen molar-refractivity contribution < 1.29 is 58.8 Å². The van der Waals surface area contributed by atoms with Crippen molar-refractivity contribution in [2.45, 2.75) is 56.9 Å². The Morgan fingerprint density at radius 3 is 2.38 bits per heavy atom. The van der Waals surface area contributed by atoms with Gasteiger partial charge in [0.25, 0.3) is 0 Å². The lowest BCUT2D eigenvalue weighted by Gasteiger charge is -2.43. The molecule has 2 heterocycles. The van der Waals surface area contributed by atoms with Crippen LogP contribution in [0.4, 0.5) is 0 Å². The molecule has 5 N–H and O–H groups in total. The van der Waals surface area contributed by atoms with Crippen LogP contribution in [-0.4, -0.2) is 100 Å². The molecule has 32 heavy (non-hydrogen) atoms. The van der Waals surface area contributed by atoms with Crippen molar-refractivity contribution in [1.29, 1.82) is 0 Å². The number of aliphatic hydroxyl groups is 5. The van der Waals surface area contributed by atoms with Gasteiger partial charge in [0, 0.05) is 12.8 Å². The second-order valence-corrected chi connectivity index (χ2v) is 7.70. The van der Waals surface area contributed by atoms with E-state index in [9.17, 15) is 35.1 Å². The van der Waals surface area contributed by atoms with Gasteiger partial charge in [-0.05, 0) is 12.5 Å². The fourth-order valence-electron chi connectivity index (χ4n) is 4.06. The molecule has 0 saturated carbocycles.